The van der Waals surface area contributed by atoms with Gasteiger partial charge in [-0.25, -0.2) is 4.99 Å². The maximum absolute atomic E-state index is 5.33. The van der Waals surface area contributed by atoms with Gasteiger partial charge in [-0.2, -0.15) is 0 Å². The minimum absolute atomic E-state index is 0.0557. The summed E-state index contributed by atoms with van der Waals surface area (Å²) in [5, 5.41) is 7.22. The smallest absolute Gasteiger partial charge is 0.191 e. The van der Waals surface area contributed by atoms with Crippen LogP contribution in [0, 0.1) is 0 Å². The third-order valence-electron chi connectivity index (χ3n) is 3.32. The summed E-state index contributed by atoms with van der Waals surface area (Å²) >= 11 is 5.33. The molecule has 0 heterocycles. The van der Waals surface area contributed by atoms with Crippen LogP contribution in [-0.4, -0.2) is 17.1 Å². The zero-order chi connectivity index (χ0) is 14.4. The minimum atomic E-state index is 0.0557. The van der Waals surface area contributed by atoms with E-state index in [1.807, 2.05) is 24.3 Å². The summed E-state index contributed by atoms with van der Waals surface area (Å²) in [4.78, 5) is 3.97. The zero-order valence-corrected chi connectivity index (χ0v) is 12.2. The van der Waals surface area contributed by atoms with E-state index < -0.39 is 0 Å². The van der Waals surface area contributed by atoms with Crippen molar-refractivity contribution in [3.05, 3.63) is 24.3 Å². The number of nitrogens with two attached hydrogens (primary N) is 2. The molecule has 1 saturated carbocycles. The van der Waals surface area contributed by atoms with Crippen LogP contribution in [0.5, 0.6) is 0 Å². The number of nitrogens with one attached hydrogen (secondary N) is 2. The standard InChI is InChI=1S/C14H21N5S/c15-13(16)17-11-6-8-12(9-7-11)19-14(20)18-10-4-2-1-3-5-10/h6-10H,1-5H2,(H4,15,16,17)(H2,18,19,20). The van der Waals surface area contributed by atoms with Crippen molar-refractivity contribution < 1.29 is 0 Å². The Hall–Kier alpha value is -1.82. The average molecular weight is 291 g/mol. The van der Waals surface area contributed by atoms with Crippen LogP contribution < -0.4 is 22.1 Å². The Labute approximate surface area is 124 Å². The van der Waals surface area contributed by atoms with Crippen LogP contribution in [0.3, 0.4) is 0 Å². The summed E-state index contributed by atoms with van der Waals surface area (Å²) in [7, 11) is 0. The second kappa shape index (κ2) is 7.09. The molecular formula is C14H21N5S. The fraction of sp³-hybridized carbons (Fsp3) is 0.429. The SMILES string of the molecule is NC(N)=Nc1ccc(NC(=S)NC2CCCCC2)cc1. The van der Waals surface area contributed by atoms with Crippen LogP contribution in [-0.2, 0) is 0 Å². The zero-order valence-electron chi connectivity index (χ0n) is 11.4. The number of benzene rings is 1. The van der Waals surface area contributed by atoms with E-state index in [2.05, 4.69) is 15.6 Å². The van der Waals surface area contributed by atoms with E-state index in [9.17, 15) is 0 Å². The van der Waals surface area contributed by atoms with E-state index in [4.69, 9.17) is 23.7 Å². The number of guanidine groups is 1. The number of thiocarbonyl (C=S) groups is 1. The molecule has 0 aromatic heterocycles. The van der Waals surface area contributed by atoms with Crippen molar-refractivity contribution in [1.82, 2.24) is 5.32 Å². The number of nitrogens with zero attached hydrogens (tertiary/aromatic N) is 1. The summed E-state index contributed by atoms with van der Waals surface area (Å²) in [6, 6.07) is 7.98. The maximum atomic E-state index is 5.33. The molecule has 1 aromatic rings. The highest BCUT2D eigenvalue weighted by Gasteiger charge is 2.13. The summed E-state index contributed by atoms with van der Waals surface area (Å²) in [6.07, 6.45) is 6.31. The molecule has 1 aromatic carbocycles. The lowest BCUT2D eigenvalue weighted by molar-refractivity contribution is 0.415. The number of hydrogen-bond donors (Lipinski definition) is 4. The Morgan fingerprint density at radius 2 is 1.75 bits per heavy atom. The molecule has 1 aliphatic rings. The number of hydrogen-bond acceptors (Lipinski definition) is 2. The number of anilines is 1. The van der Waals surface area contributed by atoms with Gasteiger partial charge < -0.3 is 22.1 Å². The molecule has 0 atom stereocenters. The lowest BCUT2D eigenvalue weighted by atomic mass is 9.96. The molecule has 0 amide bonds. The number of rotatable bonds is 3. The lowest BCUT2D eigenvalue weighted by Crippen LogP contribution is -2.38. The van der Waals surface area contributed by atoms with Crippen LogP contribution in [0.15, 0.2) is 29.3 Å². The van der Waals surface area contributed by atoms with E-state index in [0.717, 1.165) is 11.4 Å². The first-order valence-electron chi connectivity index (χ1n) is 6.91. The Balaban J connectivity index is 1.86. The molecule has 0 radical (unpaired) electrons. The first-order valence-corrected chi connectivity index (χ1v) is 7.31. The minimum Gasteiger partial charge on any atom is -0.370 e. The van der Waals surface area contributed by atoms with Gasteiger partial charge in [0, 0.05) is 11.7 Å². The molecule has 0 aliphatic heterocycles. The fourth-order valence-corrected chi connectivity index (χ4v) is 2.65. The second-order valence-corrected chi connectivity index (χ2v) is 5.43. The highest BCUT2D eigenvalue weighted by molar-refractivity contribution is 7.80. The third-order valence-corrected chi connectivity index (χ3v) is 3.54. The first-order chi connectivity index (χ1) is 9.63. The van der Waals surface area contributed by atoms with Gasteiger partial charge >= 0.3 is 0 Å². The van der Waals surface area contributed by atoms with Crippen LogP contribution in [0.2, 0.25) is 0 Å². The van der Waals surface area contributed by atoms with Gasteiger partial charge in [0.1, 0.15) is 0 Å². The van der Waals surface area contributed by atoms with Crippen LogP contribution >= 0.6 is 12.2 Å². The topological polar surface area (TPSA) is 88.5 Å². The normalized spacial score (nSPS) is 15.4. The third kappa shape index (κ3) is 4.70. The lowest BCUT2D eigenvalue weighted by Gasteiger charge is -2.24. The molecule has 1 fully saturated rings. The molecule has 20 heavy (non-hydrogen) atoms. The van der Waals surface area contributed by atoms with Crippen LogP contribution in [0.1, 0.15) is 32.1 Å². The molecule has 0 unspecified atom stereocenters. The summed E-state index contributed by atoms with van der Waals surface area (Å²) < 4.78 is 0. The van der Waals surface area contributed by atoms with Crippen molar-refractivity contribution in [2.45, 2.75) is 38.1 Å². The number of aliphatic imine (C=N–C) groups is 1. The molecular weight excluding hydrogens is 270 g/mol. The molecule has 1 aliphatic carbocycles. The molecule has 0 spiro atoms. The van der Waals surface area contributed by atoms with Crippen LogP contribution in [0.25, 0.3) is 0 Å². The van der Waals surface area contributed by atoms with Crippen LogP contribution in [0.4, 0.5) is 11.4 Å². The Bertz CT molecular complexity index is 473. The van der Waals surface area contributed by atoms with Crippen molar-refractivity contribution in [1.29, 1.82) is 0 Å². The quantitative estimate of drug-likeness (QED) is 0.389. The molecule has 2 rings (SSSR count). The molecule has 108 valence electrons. The fourth-order valence-electron chi connectivity index (χ4n) is 2.37. The monoisotopic (exact) mass is 291 g/mol. The molecule has 0 bridgehead atoms. The van der Waals surface area contributed by atoms with E-state index in [1.54, 1.807) is 0 Å². The summed E-state index contributed by atoms with van der Waals surface area (Å²) in [6.45, 7) is 0. The summed E-state index contributed by atoms with van der Waals surface area (Å²) in [5.74, 6) is 0.0557. The predicted molar refractivity (Wildman–Crippen MR) is 88.1 cm³/mol. The Morgan fingerprint density at radius 1 is 1.10 bits per heavy atom. The van der Waals surface area contributed by atoms with Crippen molar-refractivity contribution in [3.63, 3.8) is 0 Å². The van der Waals surface area contributed by atoms with Gasteiger partial charge in [-0.3, -0.25) is 0 Å². The second-order valence-electron chi connectivity index (χ2n) is 5.02. The molecule has 0 saturated heterocycles. The first kappa shape index (κ1) is 14.6. The highest BCUT2D eigenvalue weighted by atomic mass is 32.1. The van der Waals surface area contributed by atoms with Gasteiger partial charge in [-0.15, -0.1) is 0 Å². The predicted octanol–water partition coefficient (Wildman–Crippen LogP) is 2.21. The Morgan fingerprint density at radius 3 is 2.35 bits per heavy atom. The van der Waals surface area contributed by atoms with E-state index >= 15 is 0 Å². The van der Waals surface area contributed by atoms with E-state index in [0.29, 0.717) is 11.2 Å². The van der Waals surface area contributed by atoms with Gasteiger partial charge in [-0.05, 0) is 49.3 Å². The van der Waals surface area contributed by atoms with Crippen molar-refractivity contribution >= 4 is 34.7 Å². The molecule has 5 nitrogen and oxygen atoms in total. The molecule has 6 heteroatoms. The van der Waals surface area contributed by atoms with Crippen molar-refractivity contribution in [3.8, 4) is 0 Å². The highest BCUT2D eigenvalue weighted by Crippen LogP contribution is 2.18. The van der Waals surface area contributed by atoms with Gasteiger partial charge in [0.2, 0.25) is 0 Å². The van der Waals surface area contributed by atoms with E-state index in [1.165, 1.54) is 32.1 Å². The van der Waals surface area contributed by atoms with Crippen molar-refractivity contribution in [2.75, 3.05) is 5.32 Å². The van der Waals surface area contributed by atoms with Crippen molar-refractivity contribution in [2.24, 2.45) is 16.5 Å². The van der Waals surface area contributed by atoms with Gasteiger partial charge in [0.25, 0.3) is 0 Å². The van der Waals surface area contributed by atoms with Gasteiger partial charge in [0.05, 0.1) is 5.69 Å². The van der Waals surface area contributed by atoms with Gasteiger partial charge in [-0.1, -0.05) is 19.3 Å². The van der Waals surface area contributed by atoms with E-state index in [-0.39, 0.29) is 5.96 Å². The largest absolute Gasteiger partial charge is 0.370 e. The molecule has 6 N–H and O–H groups in total. The Kier molecular flexibility index (Phi) is 5.17. The van der Waals surface area contributed by atoms with Gasteiger partial charge in [0.15, 0.2) is 11.1 Å². The average Bonchev–Trinajstić information content (AvgIpc) is 2.41. The summed E-state index contributed by atoms with van der Waals surface area (Å²) in [5.41, 5.74) is 12.3. The maximum Gasteiger partial charge on any atom is 0.191 e.